The summed E-state index contributed by atoms with van der Waals surface area (Å²) in [6, 6.07) is 0. The molecule has 5 atom stereocenters. The van der Waals surface area contributed by atoms with Gasteiger partial charge >= 0.3 is 5.97 Å². The second kappa shape index (κ2) is 5.38. The molecule has 19 heavy (non-hydrogen) atoms. The molecule has 1 N–H and O–H groups in total. The van der Waals surface area contributed by atoms with Crippen LogP contribution in [-0.4, -0.2) is 41.8 Å². The van der Waals surface area contributed by atoms with E-state index in [1.54, 1.807) is 6.92 Å². The zero-order valence-corrected chi connectivity index (χ0v) is 12.1. The largest absolute Gasteiger partial charge is 0.466 e. The van der Waals surface area contributed by atoms with E-state index in [9.17, 15) is 9.90 Å². The second-order valence-corrected chi connectivity index (χ2v) is 6.01. The lowest BCUT2D eigenvalue weighted by Crippen LogP contribution is -2.35. The fourth-order valence-corrected chi connectivity index (χ4v) is 3.31. The summed E-state index contributed by atoms with van der Waals surface area (Å²) in [7, 11) is 0. The highest BCUT2D eigenvalue weighted by Crippen LogP contribution is 2.45. The van der Waals surface area contributed by atoms with Crippen LogP contribution in [0.25, 0.3) is 0 Å². The minimum Gasteiger partial charge on any atom is -0.466 e. The van der Waals surface area contributed by atoms with Crippen molar-refractivity contribution in [1.29, 1.82) is 0 Å². The zero-order valence-electron chi connectivity index (χ0n) is 12.1. The molecule has 0 aromatic heterocycles. The standard InChI is InChI=1S/C14H24O5/c1-5-17-11(16)6-8(2)12-9(15)7-10-13(12)19-14(3,4)18-10/h8-10,12-13,15H,5-7H2,1-4H3/t8?,9-,10-,12?,13-/m1/s1. The molecule has 2 unspecified atom stereocenters. The van der Waals surface area contributed by atoms with Gasteiger partial charge in [-0.2, -0.15) is 0 Å². The molecule has 0 amide bonds. The Bertz CT molecular complexity index is 341. The van der Waals surface area contributed by atoms with Gasteiger partial charge in [0.25, 0.3) is 0 Å². The van der Waals surface area contributed by atoms with Crippen LogP contribution in [0.4, 0.5) is 0 Å². The van der Waals surface area contributed by atoms with E-state index in [2.05, 4.69) is 0 Å². The molecular weight excluding hydrogens is 248 g/mol. The van der Waals surface area contributed by atoms with Crippen LogP contribution in [0.5, 0.6) is 0 Å². The van der Waals surface area contributed by atoms with E-state index in [0.29, 0.717) is 19.4 Å². The summed E-state index contributed by atoms with van der Waals surface area (Å²) >= 11 is 0. The molecule has 1 saturated heterocycles. The number of hydrogen-bond acceptors (Lipinski definition) is 5. The molecule has 0 aromatic carbocycles. The van der Waals surface area contributed by atoms with E-state index in [0.717, 1.165) is 0 Å². The Hall–Kier alpha value is -0.650. The highest BCUT2D eigenvalue weighted by Gasteiger charge is 2.54. The first-order valence-electron chi connectivity index (χ1n) is 7.03. The van der Waals surface area contributed by atoms with Crippen LogP contribution in [0.2, 0.25) is 0 Å². The molecule has 5 heteroatoms. The van der Waals surface area contributed by atoms with Crippen molar-refractivity contribution in [1.82, 2.24) is 0 Å². The Kier molecular flexibility index (Phi) is 4.18. The SMILES string of the molecule is CCOC(=O)CC(C)C1[C@H](O)C[C@H]2OC(C)(C)O[C@@H]12. The fourth-order valence-electron chi connectivity index (χ4n) is 3.31. The van der Waals surface area contributed by atoms with Crippen LogP contribution < -0.4 is 0 Å². The summed E-state index contributed by atoms with van der Waals surface area (Å²) in [6.07, 6.45) is 0.207. The van der Waals surface area contributed by atoms with E-state index in [1.807, 2.05) is 20.8 Å². The minimum absolute atomic E-state index is 0.0153. The van der Waals surface area contributed by atoms with Gasteiger partial charge < -0.3 is 19.3 Å². The van der Waals surface area contributed by atoms with Crippen LogP contribution in [0.15, 0.2) is 0 Å². The predicted molar refractivity (Wildman–Crippen MR) is 68.4 cm³/mol. The molecule has 0 spiro atoms. The van der Waals surface area contributed by atoms with E-state index >= 15 is 0 Å². The minimum atomic E-state index is -0.600. The average Bonchev–Trinajstić information content (AvgIpc) is 2.67. The van der Waals surface area contributed by atoms with Gasteiger partial charge in [-0.05, 0) is 26.7 Å². The molecule has 0 radical (unpaired) electrons. The van der Waals surface area contributed by atoms with Gasteiger partial charge in [0.15, 0.2) is 5.79 Å². The van der Waals surface area contributed by atoms with Gasteiger partial charge in [0, 0.05) is 18.8 Å². The lowest BCUT2D eigenvalue weighted by atomic mass is 9.86. The Morgan fingerprint density at radius 3 is 2.79 bits per heavy atom. The van der Waals surface area contributed by atoms with Crippen LogP contribution >= 0.6 is 0 Å². The Balaban J connectivity index is 2.00. The Labute approximate surface area is 114 Å². The molecule has 1 aliphatic heterocycles. The average molecular weight is 272 g/mol. The van der Waals surface area contributed by atoms with Crippen molar-refractivity contribution in [3.63, 3.8) is 0 Å². The van der Waals surface area contributed by atoms with E-state index in [-0.39, 0.29) is 30.0 Å². The first-order chi connectivity index (χ1) is 8.84. The van der Waals surface area contributed by atoms with E-state index < -0.39 is 11.9 Å². The van der Waals surface area contributed by atoms with E-state index in [4.69, 9.17) is 14.2 Å². The third-order valence-corrected chi connectivity index (χ3v) is 3.97. The summed E-state index contributed by atoms with van der Waals surface area (Å²) in [6.45, 7) is 7.90. The molecule has 2 rings (SSSR count). The zero-order chi connectivity index (χ0) is 14.2. The van der Waals surface area contributed by atoms with Crippen molar-refractivity contribution >= 4 is 5.97 Å². The lowest BCUT2D eigenvalue weighted by Gasteiger charge is -2.28. The topological polar surface area (TPSA) is 65.0 Å². The molecule has 0 bridgehead atoms. The molecule has 110 valence electrons. The number of rotatable bonds is 4. The van der Waals surface area contributed by atoms with Crippen LogP contribution in [0.1, 0.15) is 40.5 Å². The highest BCUT2D eigenvalue weighted by atomic mass is 16.8. The molecule has 2 fully saturated rings. The first-order valence-corrected chi connectivity index (χ1v) is 7.03. The summed E-state index contributed by atoms with van der Waals surface area (Å²) in [5, 5.41) is 10.2. The maximum Gasteiger partial charge on any atom is 0.306 e. The summed E-state index contributed by atoms with van der Waals surface area (Å²) in [4.78, 5) is 11.6. The molecule has 1 saturated carbocycles. The van der Waals surface area contributed by atoms with Crippen molar-refractivity contribution in [2.75, 3.05) is 6.61 Å². The van der Waals surface area contributed by atoms with Crippen LogP contribution in [0.3, 0.4) is 0 Å². The summed E-state index contributed by atoms with van der Waals surface area (Å²) in [5.41, 5.74) is 0. The van der Waals surface area contributed by atoms with Crippen LogP contribution in [-0.2, 0) is 19.0 Å². The third-order valence-electron chi connectivity index (χ3n) is 3.97. The summed E-state index contributed by atoms with van der Waals surface area (Å²) in [5.74, 6) is -0.876. The normalized spacial score (nSPS) is 37.9. The fraction of sp³-hybridized carbons (Fsp3) is 0.929. The van der Waals surface area contributed by atoms with E-state index in [1.165, 1.54) is 0 Å². The van der Waals surface area contributed by atoms with Crippen molar-refractivity contribution in [3.8, 4) is 0 Å². The number of ether oxygens (including phenoxy) is 3. The number of hydrogen-bond donors (Lipinski definition) is 1. The molecule has 0 aromatic rings. The number of fused-ring (bicyclic) bond motifs is 1. The molecule has 2 aliphatic rings. The van der Waals surface area contributed by atoms with Gasteiger partial charge in [-0.25, -0.2) is 0 Å². The van der Waals surface area contributed by atoms with Gasteiger partial charge in [-0.3, -0.25) is 4.79 Å². The number of aliphatic hydroxyl groups excluding tert-OH is 1. The van der Waals surface area contributed by atoms with Gasteiger partial charge in [0.1, 0.15) is 0 Å². The van der Waals surface area contributed by atoms with Crippen molar-refractivity contribution < 1.29 is 24.1 Å². The molecule has 1 aliphatic carbocycles. The Morgan fingerprint density at radius 1 is 1.47 bits per heavy atom. The summed E-state index contributed by atoms with van der Waals surface area (Å²) < 4.78 is 16.6. The third kappa shape index (κ3) is 3.09. The smallest absolute Gasteiger partial charge is 0.306 e. The molecule has 1 heterocycles. The van der Waals surface area contributed by atoms with Gasteiger partial charge in [0.05, 0.1) is 24.9 Å². The number of carbonyl (C=O) groups excluding carboxylic acids is 1. The van der Waals surface area contributed by atoms with Gasteiger partial charge in [-0.1, -0.05) is 6.92 Å². The van der Waals surface area contributed by atoms with Gasteiger partial charge in [-0.15, -0.1) is 0 Å². The highest BCUT2D eigenvalue weighted by molar-refractivity contribution is 5.69. The maximum atomic E-state index is 11.6. The number of carbonyl (C=O) groups is 1. The first kappa shape index (κ1) is 14.8. The second-order valence-electron chi connectivity index (χ2n) is 6.01. The quantitative estimate of drug-likeness (QED) is 0.785. The maximum absolute atomic E-state index is 11.6. The Morgan fingerprint density at radius 2 is 2.16 bits per heavy atom. The number of aliphatic hydroxyl groups is 1. The van der Waals surface area contributed by atoms with Crippen molar-refractivity contribution in [3.05, 3.63) is 0 Å². The molecule has 5 nitrogen and oxygen atoms in total. The lowest BCUT2D eigenvalue weighted by molar-refractivity contribution is -0.168. The van der Waals surface area contributed by atoms with Gasteiger partial charge in [0.2, 0.25) is 0 Å². The van der Waals surface area contributed by atoms with Crippen LogP contribution in [0, 0.1) is 11.8 Å². The number of esters is 1. The van der Waals surface area contributed by atoms with Crippen molar-refractivity contribution in [2.45, 2.75) is 64.6 Å². The molecular formula is C14H24O5. The predicted octanol–water partition coefficient (Wildman–Crippen LogP) is 1.48. The monoisotopic (exact) mass is 272 g/mol. The van der Waals surface area contributed by atoms with Crippen molar-refractivity contribution in [2.24, 2.45) is 11.8 Å².